The van der Waals surface area contributed by atoms with Crippen LogP contribution in [-0.4, -0.2) is 26.2 Å². The van der Waals surface area contributed by atoms with E-state index in [9.17, 15) is 9.18 Å². The molecule has 0 aromatic heterocycles. The van der Waals surface area contributed by atoms with E-state index in [-0.39, 0.29) is 11.7 Å². The molecule has 100 valence electrons. The van der Waals surface area contributed by atoms with Crippen molar-refractivity contribution in [1.82, 2.24) is 5.32 Å². The van der Waals surface area contributed by atoms with Gasteiger partial charge in [-0.05, 0) is 30.9 Å². The lowest BCUT2D eigenvalue weighted by molar-refractivity contribution is -0.121. The van der Waals surface area contributed by atoms with Crippen molar-refractivity contribution in [2.45, 2.75) is 25.7 Å². The third kappa shape index (κ3) is 5.77. The maximum Gasteiger partial charge on any atom is 0.220 e. The van der Waals surface area contributed by atoms with Gasteiger partial charge in [0.25, 0.3) is 0 Å². The average molecular weight is 253 g/mol. The summed E-state index contributed by atoms with van der Waals surface area (Å²) < 4.78 is 18.2. The molecule has 1 aromatic carbocycles. The molecule has 0 radical (unpaired) electrons. The number of unbranched alkanes of at least 4 members (excludes halogenated alkanes) is 1. The number of hydrogen-bond acceptors (Lipinski definition) is 2. The van der Waals surface area contributed by atoms with Gasteiger partial charge in [0, 0.05) is 26.7 Å². The summed E-state index contributed by atoms with van der Waals surface area (Å²) in [5, 5.41) is 2.81. The molecule has 0 aliphatic rings. The minimum Gasteiger partial charge on any atom is -0.385 e. The van der Waals surface area contributed by atoms with Gasteiger partial charge in [-0.2, -0.15) is 0 Å². The molecule has 1 aromatic rings. The van der Waals surface area contributed by atoms with Gasteiger partial charge in [0.1, 0.15) is 5.82 Å². The van der Waals surface area contributed by atoms with E-state index < -0.39 is 0 Å². The molecular formula is C14H20FNO2. The summed E-state index contributed by atoms with van der Waals surface area (Å²) in [5.41, 5.74) is 0.590. The molecule has 0 fully saturated rings. The number of carbonyl (C=O) groups is 1. The van der Waals surface area contributed by atoms with Gasteiger partial charge in [-0.1, -0.05) is 18.2 Å². The first-order valence-electron chi connectivity index (χ1n) is 6.23. The zero-order valence-corrected chi connectivity index (χ0v) is 10.7. The van der Waals surface area contributed by atoms with Gasteiger partial charge in [-0.25, -0.2) is 4.39 Å². The second-order valence-corrected chi connectivity index (χ2v) is 4.14. The van der Waals surface area contributed by atoms with E-state index in [1.807, 2.05) is 0 Å². The van der Waals surface area contributed by atoms with Crippen molar-refractivity contribution < 1.29 is 13.9 Å². The van der Waals surface area contributed by atoms with E-state index >= 15 is 0 Å². The number of ether oxygens (including phenoxy) is 1. The molecule has 0 unspecified atom stereocenters. The van der Waals surface area contributed by atoms with E-state index in [2.05, 4.69) is 5.32 Å². The summed E-state index contributed by atoms with van der Waals surface area (Å²) in [4.78, 5) is 11.5. The Balaban J connectivity index is 2.15. The lowest BCUT2D eigenvalue weighted by Crippen LogP contribution is -2.24. The van der Waals surface area contributed by atoms with E-state index in [1.165, 1.54) is 6.07 Å². The minimum absolute atomic E-state index is 0.0318. The Bertz CT molecular complexity index is 369. The summed E-state index contributed by atoms with van der Waals surface area (Å²) >= 11 is 0. The molecule has 0 bridgehead atoms. The molecule has 0 aliphatic carbocycles. The summed E-state index contributed by atoms with van der Waals surface area (Å²) in [5.74, 6) is -0.277. The Morgan fingerprint density at radius 3 is 2.83 bits per heavy atom. The third-order valence-electron chi connectivity index (χ3n) is 2.68. The molecule has 1 amide bonds. The Kier molecular flexibility index (Phi) is 7.03. The number of aryl methyl sites for hydroxylation is 1. The van der Waals surface area contributed by atoms with Crippen molar-refractivity contribution in [3.05, 3.63) is 35.6 Å². The fourth-order valence-electron chi connectivity index (χ4n) is 1.64. The zero-order valence-electron chi connectivity index (χ0n) is 10.7. The molecule has 3 nitrogen and oxygen atoms in total. The smallest absolute Gasteiger partial charge is 0.220 e. The Hall–Kier alpha value is -1.42. The fourth-order valence-corrected chi connectivity index (χ4v) is 1.64. The molecular weight excluding hydrogens is 233 g/mol. The van der Waals surface area contributed by atoms with Gasteiger partial charge in [0.2, 0.25) is 5.91 Å². The van der Waals surface area contributed by atoms with Crippen molar-refractivity contribution in [2.75, 3.05) is 20.3 Å². The van der Waals surface area contributed by atoms with Gasteiger partial charge in [-0.3, -0.25) is 4.79 Å². The SMILES string of the molecule is COCCCCNC(=O)CCc1ccccc1F. The molecule has 0 atom stereocenters. The van der Waals surface area contributed by atoms with Crippen LogP contribution >= 0.6 is 0 Å². The van der Waals surface area contributed by atoms with E-state index in [1.54, 1.807) is 25.3 Å². The monoisotopic (exact) mass is 253 g/mol. The topological polar surface area (TPSA) is 38.3 Å². The first-order chi connectivity index (χ1) is 8.74. The molecule has 0 heterocycles. The van der Waals surface area contributed by atoms with Crippen LogP contribution in [-0.2, 0) is 16.0 Å². The predicted molar refractivity (Wildman–Crippen MR) is 68.8 cm³/mol. The minimum atomic E-state index is -0.245. The van der Waals surface area contributed by atoms with Gasteiger partial charge in [-0.15, -0.1) is 0 Å². The summed E-state index contributed by atoms with van der Waals surface area (Å²) in [7, 11) is 1.66. The highest BCUT2D eigenvalue weighted by Crippen LogP contribution is 2.08. The van der Waals surface area contributed by atoms with Crippen molar-refractivity contribution in [3.63, 3.8) is 0 Å². The van der Waals surface area contributed by atoms with Crippen molar-refractivity contribution in [1.29, 1.82) is 0 Å². The fraction of sp³-hybridized carbons (Fsp3) is 0.500. The van der Waals surface area contributed by atoms with Crippen LogP contribution in [0.3, 0.4) is 0 Å². The predicted octanol–water partition coefficient (Wildman–Crippen LogP) is 2.30. The highest BCUT2D eigenvalue weighted by Gasteiger charge is 2.04. The lowest BCUT2D eigenvalue weighted by atomic mass is 10.1. The van der Waals surface area contributed by atoms with E-state index in [0.717, 1.165) is 12.8 Å². The Morgan fingerprint density at radius 1 is 1.33 bits per heavy atom. The average Bonchev–Trinajstić information content (AvgIpc) is 2.37. The molecule has 18 heavy (non-hydrogen) atoms. The van der Waals surface area contributed by atoms with E-state index in [4.69, 9.17) is 4.74 Å². The lowest BCUT2D eigenvalue weighted by Gasteiger charge is -2.05. The van der Waals surface area contributed by atoms with Crippen LogP contribution in [0.2, 0.25) is 0 Å². The first kappa shape index (κ1) is 14.6. The van der Waals surface area contributed by atoms with Crippen LogP contribution in [0, 0.1) is 5.82 Å². The maximum atomic E-state index is 13.3. The van der Waals surface area contributed by atoms with Crippen LogP contribution in [0.25, 0.3) is 0 Å². The van der Waals surface area contributed by atoms with Crippen molar-refractivity contribution >= 4 is 5.91 Å². The summed E-state index contributed by atoms with van der Waals surface area (Å²) in [6.07, 6.45) is 2.60. The number of nitrogens with one attached hydrogen (secondary N) is 1. The van der Waals surface area contributed by atoms with Gasteiger partial charge in [0.15, 0.2) is 0 Å². The van der Waals surface area contributed by atoms with Crippen LogP contribution in [0.1, 0.15) is 24.8 Å². The normalized spacial score (nSPS) is 10.3. The highest BCUT2D eigenvalue weighted by atomic mass is 19.1. The van der Waals surface area contributed by atoms with Gasteiger partial charge < -0.3 is 10.1 Å². The number of amides is 1. The number of rotatable bonds is 8. The molecule has 0 saturated carbocycles. The molecule has 1 rings (SSSR count). The second kappa shape index (κ2) is 8.64. The van der Waals surface area contributed by atoms with E-state index in [0.29, 0.717) is 31.6 Å². The van der Waals surface area contributed by atoms with Crippen LogP contribution < -0.4 is 5.32 Å². The zero-order chi connectivity index (χ0) is 13.2. The molecule has 4 heteroatoms. The summed E-state index contributed by atoms with van der Waals surface area (Å²) in [6.45, 7) is 1.37. The van der Waals surface area contributed by atoms with Crippen molar-refractivity contribution in [3.8, 4) is 0 Å². The maximum absolute atomic E-state index is 13.3. The third-order valence-corrected chi connectivity index (χ3v) is 2.68. The Labute approximate surface area is 107 Å². The number of benzene rings is 1. The Morgan fingerprint density at radius 2 is 2.11 bits per heavy atom. The second-order valence-electron chi connectivity index (χ2n) is 4.14. The molecule has 1 N–H and O–H groups in total. The largest absolute Gasteiger partial charge is 0.385 e. The number of halogens is 1. The molecule has 0 aliphatic heterocycles. The number of carbonyl (C=O) groups excluding carboxylic acids is 1. The molecule has 0 spiro atoms. The quantitative estimate of drug-likeness (QED) is 0.722. The standard InChI is InChI=1S/C14H20FNO2/c1-18-11-5-4-10-16-14(17)9-8-12-6-2-3-7-13(12)15/h2-3,6-7H,4-5,8-11H2,1H3,(H,16,17). The number of methoxy groups -OCH3 is 1. The highest BCUT2D eigenvalue weighted by molar-refractivity contribution is 5.76. The molecule has 0 saturated heterocycles. The first-order valence-corrected chi connectivity index (χ1v) is 6.23. The summed E-state index contributed by atoms with van der Waals surface area (Å²) in [6, 6.07) is 6.55. The number of hydrogen-bond donors (Lipinski definition) is 1. The van der Waals surface area contributed by atoms with Crippen LogP contribution in [0.4, 0.5) is 4.39 Å². The van der Waals surface area contributed by atoms with Crippen molar-refractivity contribution in [2.24, 2.45) is 0 Å². The van der Waals surface area contributed by atoms with Crippen LogP contribution in [0.15, 0.2) is 24.3 Å². The van der Waals surface area contributed by atoms with Gasteiger partial charge in [0.05, 0.1) is 0 Å². The van der Waals surface area contributed by atoms with Gasteiger partial charge >= 0.3 is 0 Å². The van der Waals surface area contributed by atoms with Crippen LogP contribution in [0.5, 0.6) is 0 Å².